The molecule has 1 amide bonds. The highest BCUT2D eigenvalue weighted by molar-refractivity contribution is 5.98. The van der Waals surface area contributed by atoms with Crippen molar-refractivity contribution in [3.8, 4) is 0 Å². The maximum absolute atomic E-state index is 13.6. The number of hydrogen-bond acceptors (Lipinski definition) is 2. The van der Waals surface area contributed by atoms with Gasteiger partial charge in [-0.2, -0.15) is 0 Å². The van der Waals surface area contributed by atoms with Crippen LogP contribution in [0.5, 0.6) is 0 Å². The Kier molecular flexibility index (Phi) is 6.21. The number of aryl methyl sites for hydroxylation is 1. The van der Waals surface area contributed by atoms with E-state index in [9.17, 15) is 18.0 Å². The van der Waals surface area contributed by atoms with Gasteiger partial charge in [0.05, 0.1) is 19.4 Å². The number of carbonyl (C=O) groups excluding carboxylic acids is 1. The Hall–Kier alpha value is -1.82. The minimum atomic E-state index is -1.85. The topological polar surface area (TPSA) is 38.3 Å². The highest BCUT2D eigenvalue weighted by Crippen LogP contribution is 2.36. The second-order valence-electron chi connectivity index (χ2n) is 5.48. The number of amides is 1. The van der Waals surface area contributed by atoms with Crippen molar-refractivity contribution < 1.29 is 22.7 Å². The molecule has 0 radical (unpaired) electrons. The molecule has 3 unspecified atom stereocenters. The first-order valence-electron chi connectivity index (χ1n) is 7.57. The number of rotatable bonds is 8. The molecule has 0 aliphatic heterocycles. The van der Waals surface area contributed by atoms with Crippen molar-refractivity contribution in [2.45, 2.75) is 37.7 Å². The SMILES string of the molecule is C=CC(=O)Nc1ccc2c(c1)C(OCC(F)C(F)CCF)CC2. The molecule has 6 heteroatoms. The first-order valence-corrected chi connectivity index (χ1v) is 7.57. The van der Waals surface area contributed by atoms with Crippen LogP contribution in [0.4, 0.5) is 18.9 Å². The molecule has 23 heavy (non-hydrogen) atoms. The highest BCUT2D eigenvalue weighted by atomic mass is 19.2. The summed E-state index contributed by atoms with van der Waals surface area (Å²) in [5, 5.41) is 2.65. The van der Waals surface area contributed by atoms with Gasteiger partial charge in [-0.3, -0.25) is 9.18 Å². The second-order valence-corrected chi connectivity index (χ2v) is 5.48. The zero-order valence-electron chi connectivity index (χ0n) is 12.7. The van der Waals surface area contributed by atoms with Crippen LogP contribution in [0.15, 0.2) is 30.9 Å². The van der Waals surface area contributed by atoms with Gasteiger partial charge >= 0.3 is 0 Å². The standard InChI is InChI=1S/C17H20F3NO2/c1-2-17(22)21-12-5-3-11-4-6-16(13(11)9-12)23-10-15(20)14(19)7-8-18/h2-3,5,9,14-16H,1,4,6-8,10H2,(H,21,22). The molecular formula is C17H20F3NO2. The highest BCUT2D eigenvalue weighted by Gasteiger charge is 2.27. The third-order valence-electron chi connectivity index (χ3n) is 3.86. The summed E-state index contributed by atoms with van der Waals surface area (Å²) in [6.45, 7) is 2.09. The van der Waals surface area contributed by atoms with Crippen molar-refractivity contribution in [3.63, 3.8) is 0 Å². The maximum Gasteiger partial charge on any atom is 0.247 e. The summed E-state index contributed by atoms with van der Waals surface area (Å²) in [6, 6.07) is 5.43. The molecule has 0 heterocycles. The minimum absolute atomic E-state index is 0.323. The Morgan fingerprint density at radius 3 is 2.91 bits per heavy atom. The summed E-state index contributed by atoms with van der Waals surface area (Å²) in [6.07, 6.45) is -1.87. The van der Waals surface area contributed by atoms with Gasteiger partial charge in [0.1, 0.15) is 6.17 Å². The van der Waals surface area contributed by atoms with Crippen LogP contribution in [0.1, 0.15) is 30.1 Å². The fourth-order valence-electron chi connectivity index (χ4n) is 2.61. The van der Waals surface area contributed by atoms with Crippen molar-refractivity contribution in [2.24, 2.45) is 0 Å². The summed E-state index contributed by atoms with van der Waals surface area (Å²) in [5.41, 5.74) is 2.52. The van der Waals surface area contributed by atoms with Crippen molar-refractivity contribution in [1.29, 1.82) is 0 Å². The molecule has 3 nitrogen and oxygen atoms in total. The number of anilines is 1. The van der Waals surface area contributed by atoms with E-state index in [1.165, 1.54) is 6.08 Å². The van der Waals surface area contributed by atoms with E-state index in [0.29, 0.717) is 12.1 Å². The second kappa shape index (κ2) is 8.15. The van der Waals surface area contributed by atoms with Crippen LogP contribution < -0.4 is 5.32 Å². The summed E-state index contributed by atoms with van der Waals surface area (Å²) in [5.74, 6) is -0.323. The average molecular weight is 327 g/mol. The van der Waals surface area contributed by atoms with Crippen LogP contribution in [0.25, 0.3) is 0 Å². The molecule has 2 rings (SSSR count). The van der Waals surface area contributed by atoms with Gasteiger partial charge in [-0.1, -0.05) is 12.6 Å². The lowest BCUT2D eigenvalue weighted by Gasteiger charge is -2.18. The molecule has 0 spiro atoms. The molecule has 0 saturated carbocycles. The van der Waals surface area contributed by atoms with Crippen LogP contribution in [-0.4, -0.2) is 31.5 Å². The molecule has 0 fully saturated rings. The van der Waals surface area contributed by atoms with Crippen molar-refractivity contribution >= 4 is 11.6 Å². The Balaban J connectivity index is 1.98. The molecular weight excluding hydrogens is 307 g/mol. The smallest absolute Gasteiger partial charge is 0.247 e. The number of halogens is 3. The van der Waals surface area contributed by atoms with Gasteiger partial charge in [-0.05, 0) is 42.2 Å². The lowest BCUT2D eigenvalue weighted by Crippen LogP contribution is -2.24. The van der Waals surface area contributed by atoms with E-state index >= 15 is 0 Å². The van der Waals surface area contributed by atoms with Gasteiger partial charge < -0.3 is 10.1 Å². The van der Waals surface area contributed by atoms with E-state index in [0.717, 1.165) is 17.5 Å². The third kappa shape index (κ3) is 4.58. The van der Waals surface area contributed by atoms with Gasteiger partial charge in [-0.15, -0.1) is 0 Å². The molecule has 126 valence electrons. The number of benzene rings is 1. The van der Waals surface area contributed by atoms with Gasteiger partial charge in [0, 0.05) is 12.1 Å². The quantitative estimate of drug-likeness (QED) is 0.737. The van der Waals surface area contributed by atoms with Crippen LogP contribution >= 0.6 is 0 Å². The van der Waals surface area contributed by atoms with E-state index in [4.69, 9.17) is 4.74 Å². The molecule has 1 N–H and O–H groups in total. The summed E-state index contributed by atoms with van der Waals surface area (Å²) in [7, 11) is 0. The predicted molar refractivity (Wildman–Crippen MR) is 82.7 cm³/mol. The molecule has 0 saturated heterocycles. The van der Waals surface area contributed by atoms with E-state index in [1.54, 1.807) is 12.1 Å². The molecule has 0 bridgehead atoms. The number of nitrogens with one attached hydrogen (secondary N) is 1. The summed E-state index contributed by atoms with van der Waals surface area (Å²) in [4.78, 5) is 11.3. The largest absolute Gasteiger partial charge is 0.370 e. The maximum atomic E-state index is 13.6. The molecule has 1 aromatic carbocycles. The van der Waals surface area contributed by atoms with E-state index in [2.05, 4.69) is 11.9 Å². The number of alkyl halides is 3. The van der Waals surface area contributed by atoms with Crippen LogP contribution in [0.2, 0.25) is 0 Å². The third-order valence-corrected chi connectivity index (χ3v) is 3.86. The van der Waals surface area contributed by atoms with Crippen molar-refractivity contribution in [2.75, 3.05) is 18.6 Å². The Morgan fingerprint density at radius 2 is 2.22 bits per heavy atom. The number of hydrogen-bond donors (Lipinski definition) is 1. The minimum Gasteiger partial charge on any atom is -0.370 e. The fraction of sp³-hybridized carbons (Fsp3) is 0.471. The van der Waals surface area contributed by atoms with Gasteiger partial charge in [0.2, 0.25) is 5.91 Å². The van der Waals surface area contributed by atoms with Crippen molar-refractivity contribution in [1.82, 2.24) is 0 Å². The predicted octanol–water partition coefficient (Wildman–Crippen LogP) is 3.85. The lowest BCUT2D eigenvalue weighted by molar-refractivity contribution is -0.111. The Morgan fingerprint density at radius 1 is 1.43 bits per heavy atom. The van der Waals surface area contributed by atoms with Gasteiger partial charge in [0.15, 0.2) is 6.17 Å². The van der Waals surface area contributed by atoms with Crippen LogP contribution in [-0.2, 0) is 16.0 Å². The molecule has 1 aliphatic carbocycles. The van der Waals surface area contributed by atoms with Crippen LogP contribution in [0.3, 0.4) is 0 Å². The van der Waals surface area contributed by atoms with Crippen molar-refractivity contribution in [3.05, 3.63) is 42.0 Å². The zero-order chi connectivity index (χ0) is 16.8. The first kappa shape index (κ1) is 17.5. The van der Waals surface area contributed by atoms with Gasteiger partial charge in [-0.25, -0.2) is 8.78 Å². The zero-order valence-corrected chi connectivity index (χ0v) is 12.7. The average Bonchev–Trinajstić information content (AvgIpc) is 2.95. The first-order chi connectivity index (χ1) is 11.0. The van der Waals surface area contributed by atoms with Crippen LogP contribution in [0, 0.1) is 0 Å². The van der Waals surface area contributed by atoms with Gasteiger partial charge in [0.25, 0.3) is 0 Å². The fourth-order valence-corrected chi connectivity index (χ4v) is 2.61. The van der Waals surface area contributed by atoms with E-state index < -0.39 is 32.0 Å². The normalized spacial score (nSPS) is 19.0. The number of carbonyl (C=O) groups is 1. The Labute approximate surface area is 133 Å². The number of ether oxygens (including phenoxy) is 1. The summed E-state index contributed by atoms with van der Waals surface area (Å²) < 4.78 is 44.3. The monoisotopic (exact) mass is 327 g/mol. The molecule has 0 aromatic heterocycles. The Bertz CT molecular complexity index is 565. The molecule has 3 atom stereocenters. The lowest BCUT2D eigenvalue weighted by atomic mass is 10.1. The summed E-state index contributed by atoms with van der Waals surface area (Å²) >= 11 is 0. The van der Waals surface area contributed by atoms with E-state index in [-0.39, 0.29) is 12.0 Å². The molecule has 1 aromatic rings. The van der Waals surface area contributed by atoms with E-state index in [1.807, 2.05) is 6.07 Å². The molecule has 1 aliphatic rings. The number of fused-ring (bicyclic) bond motifs is 1.